The summed E-state index contributed by atoms with van der Waals surface area (Å²) < 4.78 is 18.1. The maximum atomic E-state index is 12.4. The van der Waals surface area contributed by atoms with E-state index < -0.39 is 23.4 Å². The molecule has 3 rings (SSSR count). The Morgan fingerprint density at radius 3 is 2.48 bits per heavy atom. The van der Waals surface area contributed by atoms with E-state index in [0.29, 0.717) is 12.0 Å². The second kappa shape index (κ2) is 8.06. The van der Waals surface area contributed by atoms with E-state index in [1.165, 1.54) is 13.0 Å². The van der Waals surface area contributed by atoms with Crippen LogP contribution in [0.15, 0.2) is 36.4 Å². The quantitative estimate of drug-likeness (QED) is 0.763. The van der Waals surface area contributed by atoms with Gasteiger partial charge in [0.15, 0.2) is 5.78 Å². The van der Waals surface area contributed by atoms with Crippen molar-refractivity contribution in [3.05, 3.63) is 63.9 Å². The Morgan fingerprint density at radius 2 is 1.93 bits per heavy atom. The number of hydrogen-bond acceptors (Lipinski definition) is 4. The lowest BCUT2D eigenvalue weighted by atomic mass is 9.90. The van der Waals surface area contributed by atoms with Gasteiger partial charge in [-0.1, -0.05) is 11.6 Å². The predicted molar refractivity (Wildman–Crippen MR) is 101 cm³/mol. The number of carbonyl (C=O) groups excluding carboxylic acids is 2. The molecule has 0 aromatic heterocycles. The van der Waals surface area contributed by atoms with Crippen molar-refractivity contribution in [1.82, 2.24) is 0 Å². The highest BCUT2D eigenvalue weighted by molar-refractivity contribution is 6.33. The average Bonchev–Trinajstić information content (AvgIpc) is 2.55. The summed E-state index contributed by atoms with van der Waals surface area (Å²) in [5.41, 5.74) is 6.05. The van der Waals surface area contributed by atoms with Crippen molar-refractivity contribution >= 4 is 23.3 Å². The molecule has 27 heavy (non-hydrogen) atoms. The number of hydrogen-bond donors (Lipinski definition) is 2. The number of ketones is 1. The number of primary amides is 1. The number of ether oxygens (including phenoxy) is 1. The Bertz CT molecular complexity index is 882. The van der Waals surface area contributed by atoms with Gasteiger partial charge in [-0.2, -0.15) is 0 Å². The molecule has 2 aromatic rings. The Hall–Kier alpha value is -2.44. The smallest absolute Gasteiger partial charge is 0.250 e. The highest BCUT2D eigenvalue weighted by Crippen LogP contribution is 2.33. The summed E-state index contributed by atoms with van der Waals surface area (Å²) in [6, 6.07) is 8.79. The summed E-state index contributed by atoms with van der Waals surface area (Å²) in [4.78, 5) is 21.8. The van der Waals surface area contributed by atoms with Crippen LogP contribution < -0.4 is 10.5 Å². The number of aliphatic hydroxyl groups is 1. The van der Waals surface area contributed by atoms with Crippen LogP contribution in [-0.4, -0.2) is 28.5 Å². The second-order valence-corrected chi connectivity index (χ2v) is 7.20. The molecular formula is C20H21ClFNO4. The molecule has 1 atom stereocenters. The van der Waals surface area contributed by atoms with E-state index in [1.54, 1.807) is 18.2 Å². The number of benzene rings is 2. The standard InChI is InChI=1S/C13H16O3.C7H5ClFNO/c1-8(14)9-4-5-11-10(6-9)7-12(15)13(2,3)16-11;8-6-3-4(9)1-2-5(6)7(10)11/h4-6,12,15H,7H2,1-3H3;1-3H,(H2,10,11). The third-order valence-corrected chi connectivity index (χ3v) is 4.57. The summed E-state index contributed by atoms with van der Waals surface area (Å²) in [5, 5.41) is 9.94. The van der Waals surface area contributed by atoms with Crippen molar-refractivity contribution < 1.29 is 23.8 Å². The van der Waals surface area contributed by atoms with Gasteiger partial charge in [0, 0.05) is 12.0 Å². The molecule has 0 saturated heterocycles. The Labute approximate surface area is 161 Å². The van der Waals surface area contributed by atoms with E-state index in [1.807, 2.05) is 13.8 Å². The van der Waals surface area contributed by atoms with Crippen molar-refractivity contribution in [3.63, 3.8) is 0 Å². The largest absolute Gasteiger partial charge is 0.485 e. The summed E-state index contributed by atoms with van der Waals surface area (Å²) in [6.07, 6.45) is -0.00842. The van der Waals surface area contributed by atoms with Crippen LogP contribution >= 0.6 is 11.6 Å². The number of halogens is 2. The molecule has 144 valence electrons. The van der Waals surface area contributed by atoms with Crippen molar-refractivity contribution in [2.45, 2.75) is 38.9 Å². The van der Waals surface area contributed by atoms with Crippen LogP contribution in [0.4, 0.5) is 4.39 Å². The van der Waals surface area contributed by atoms with Crippen LogP contribution in [0.3, 0.4) is 0 Å². The first kappa shape index (κ1) is 20.9. The Morgan fingerprint density at radius 1 is 1.26 bits per heavy atom. The number of aliphatic hydroxyl groups excluding tert-OH is 1. The fraction of sp³-hybridized carbons (Fsp3) is 0.300. The van der Waals surface area contributed by atoms with Crippen molar-refractivity contribution in [1.29, 1.82) is 0 Å². The zero-order valence-electron chi connectivity index (χ0n) is 15.3. The molecule has 0 bridgehead atoms. The Balaban J connectivity index is 0.000000208. The summed E-state index contributed by atoms with van der Waals surface area (Å²) in [6.45, 7) is 5.25. The molecule has 0 spiro atoms. The number of carbonyl (C=O) groups is 2. The maximum absolute atomic E-state index is 12.4. The summed E-state index contributed by atoms with van der Waals surface area (Å²) in [5.74, 6) is -0.350. The fourth-order valence-electron chi connectivity index (χ4n) is 2.55. The Kier molecular flexibility index (Phi) is 6.23. The third-order valence-electron chi connectivity index (χ3n) is 4.25. The van der Waals surface area contributed by atoms with E-state index in [4.69, 9.17) is 22.1 Å². The van der Waals surface area contributed by atoms with Crippen LogP contribution in [0.2, 0.25) is 5.02 Å². The number of amides is 1. The van der Waals surface area contributed by atoms with E-state index in [-0.39, 0.29) is 16.4 Å². The number of fused-ring (bicyclic) bond motifs is 1. The van der Waals surface area contributed by atoms with Crippen molar-refractivity contribution in [2.75, 3.05) is 0 Å². The van der Waals surface area contributed by atoms with Crippen LogP contribution in [0.5, 0.6) is 5.75 Å². The molecular weight excluding hydrogens is 373 g/mol. The van der Waals surface area contributed by atoms with Crippen LogP contribution in [0, 0.1) is 5.82 Å². The lowest BCUT2D eigenvalue weighted by Gasteiger charge is -2.37. The molecule has 3 N–H and O–H groups in total. The predicted octanol–water partition coefficient (Wildman–Crippen LogP) is 3.54. The molecule has 2 aromatic carbocycles. The van der Waals surface area contributed by atoms with E-state index >= 15 is 0 Å². The van der Waals surface area contributed by atoms with Gasteiger partial charge in [0.25, 0.3) is 0 Å². The van der Waals surface area contributed by atoms with Gasteiger partial charge >= 0.3 is 0 Å². The van der Waals surface area contributed by atoms with Gasteiger partial charge < -0.3 is 15.6 Å². The van der Waals surface area contributed by atoms with Gasteiger partial charge in [0.05, 0.1) is 16.7 Å². The van der Waals surface area contributed by atoms with Gasteiger partial charge in [-0.05, 0) is 62.7 Å². The van der Waals surface area contributed by atoms with Crippen molar-refractivity contribution in [2.24, 2.45) is 5.73 Å². The average molecular weight is 394 g/mol. The minimum Gasteiger partial charge on any atom is -0.485 e. The van der Waals surface area contributed by atoms with E-state index in [9.17, 15) is 19.1 Å². The van der Waals surface area contributed by atoms with Crippen LogP contribution in [-0.2, 0) is 6.42 Å². The minimum atomic E-state index is -0.657. The second-order valence-electron chi connectivity index (χ2n) is 6.79. The molecule has 1 amide bonds. The van der Waals surface area contributed by atoms with Gasteiger partial charge in [-0.3, -0.25) is 9.59 Å². The topological polar surface area (TPSA) is 89.6 Å². The lowest BCUT2D eigenvalue weighted by molar-refractivity contribution is -0.0411. The third kappa shape index (κ3) is 5.05. The zero-order chi connectivity index (χ0) is 20.4. The number of rotatable bonds is 2. The first-order chi connectivity index (χ1) is 12.5. The molecule has 5 nitrogen and oxygen atoms in total. The molecule has 1 heterocycles. The molecule has 1 unspecified atom stereocenters. The fourth-order valence-corrected chi connectivity index (χ4v) is 2.81. The molecule has 1 aliphatic rings. The highest BCUT2D eigenvalue weighted by Gasteiger charge is 2.35. The molecule has 0 fully saturated rings. The zero-order valence-corrected chi connectivity index (χ0v) is 16.0. The highest BCUT2D eigenvalue weighted by atomic mass is 35.5. The SMILES string of the molecule is CC(=O)c1ccc2c(c1)CC(O)C(C)(C)O2.NC(=O)c1ccc(F)cc1Cl. The van der Waals surface area contributed by atoms with E-state index in [0.717, 1.165) is 23.4 Å². The first-order valence-corrected chi connectivity index (χ1v) is 8.65. The monoisotopic (exact) mass is 393 g/mol. The lowest BCUT2D eigenvalue weighted by Crippen LogP contribution is -2.46. The van der Waals surface area contributed by atoms with Crippen molar-refractivity contribution in [3.8, 4) is 5.75 Å². The first-order valence-electron chi connectivity index (χ1n) is 8.27. The van der Waals surface area contributed by atoms with Crippen LogP contribution in [0.25, 0.3) is 0 Å². The van der Waals surface area contributed by atoms with Gasteiger partial charge in [0.2, 0.25) is 5.91 Å². The normalized spacial score (nSPS) is 17.0. The van der Waals surface area contributed by atoms with Crippen LogP contribution in [0.1, 0.15) is 47.1 Å². The van der Waals surface area contributed by atoms with Gasteiger partial charge in [-0.25, -0.2) is 4.39 Å². The molecule has 0 aliphatic carbocycles. The number of Topliss-reactive ketones (excluding diaryl/α,β-unsaturated/α-hetero) is 1. The molecule has 0 radical (unpaired) electrons. The van der Waals surface area contributed by atoms with Gasteiger partial charge in [0.1, 0.15) is 17.2 Å². The molecule has 7 heteroatoms. The summed E-state index contributed by atoms with van der Waals surface area (Å²) >= 11 is 5.48. The maximum Gasteiger partial charge on any atom is 0.250 e. The van der Waals surface area contributed by atoms with Gasteiger partial charge in [-0.15, -0.1) is 0 Å². The molecule has 1 aliphatic heterocycles. The van der Waals surface area contributed by atoms with E-state index in [2.05, 4.69) is 0 Å². The summed E-state index contributed by atoms with van der Waals surface area (Å²) in [7, 11) is 0. The molecule has 0 saturated carbocycles. The number of nitrogens with two attached hydrogens (primary N) is 1. The minimum absolute atomic E-state index is 0.0297.